The molecule has 31 heavy (non-hydrogen) atoms. The monoisotopic (exact) mass is 458 g/mol. The Kier molecular flexibility index (Phi) is 6.46. The SMILES string of the molecule is CC1(OC(=O)Nc2ccc(OC(F)(F)F)cc2)CCN(S(=O)(=O)c2ccccc2)CC1. The number of carbonyl (C=O) groups excluding carboxylic acids is 1. The first kappa shape index (κ1) is 22.9. The zero-order valence-corrected chi connectivity index (χ0v) is 17.4. The van der Waals surface area contributed by atoms with Crippen LogP contribution in [-0.2, 0) is 14.8 Å². The number of hydrogen-bond donors (Lipinski definition) is 1. The lowest BCUT2D eigenvalue weighted by atomic mass is 9.95. The molecule has 0 spiro atoms. The Morgan fingerprint density at radius 2 is 1.61 bits per heavy atom. The van der Waals surface area contributed by atoms with Crippen LogP contribution in [0.3, 0.4) is 0 Å². The van der Waals surface area contributed by atoms with Gasteiger partial charge in [-0.05, 0) is 43.3 Å². The lowest BCUT2D eigenvalue weighted by Gasteiger charge is -2.38. The van der Waals surface area contributed by atoms with Gasteiger partial charge in [0, 0.05) is 31.6 Å². The van der Waals surface area contributed by atoms with E-state index in [1.54, 1.807) is 25.1 Å². The van der Waals surface area contributed by atoms with Crippen molar-refractivity contribution >= 4 is 21.8 Å². The summed E-state index contributed by atoms with van der Waals surface area (Å²) in [5.74, 6) is -0.412. The molecule has 1 heterocycles. The molecule has 0 atom stereocenters. The van der Waals surface area contributed by atoms with Crippen LogP contribution in [0.25, 0.3) is 0 Å². The topological polar surface area (TPSA) is 84.9 Å². The molecule has 0 unspecified atom stereocenters. The lowest BCUT2D eigenvalue weighted by molar-refractivity contribution is -0.274. The summed E-state index contributed by atoms with van der Waals surface area (Å²) in [7, 11) is -3.62. The molecule has 1 N–H and O–H groups in total. The third-order valence-corrected chi connectivity index (χ3v) is 6.75. The van der Waals surface area contributed by atoms with E-state index in [-0.39, 0.29) is 23.7 Å². The molecular formula is C20H21F3N2O5S. The fourth-order valence-electron chi connectivity index (χ4n) is 3.15. The molecular weight excluding hydrogens is 437 g/mol. The Balaban J connectivity index is 1.54. The number of carbonyl (C=O) groups is 1. The number of alkyl halides is 3. The Morgan fingerprint density at radius 3 is 2.16 bits per heavy atom. The molecule has 7 nitrogen and oxygen atoms in total. The molecule has 11 heteroatoms. The van der Waals surface area contributed by atoms with Gasteiger partial charge in [-0.25, -0.2) is 13.2 Å². The minimum absolute atomic E-state index is 0.185. The Labute approximate surface area is 177 Å². The van der Waals surface area contributed by atoms with Gasteiger partial charge < -0.3 is 9.47 Å². The van der Waals surface area contributed by atoms with Crippen LogP contribution < -0.4 is 10.1 Å². The summed E-state index contributed by atoms with van der Waals surface area (Å²) >= 11 is 0. The molecule has 2 aromatic carbocycles. The second-order valence-electron chi connectivity index (χ2n) is 7.25. The number of benzene rings is 2. The number of nitrogens with one attached hydrogen (secondary N) is 1. The van der Waals surface area contributed by atoms with E-state index >= 15 is 0 Å². The van der Waals surface area contributed by atoms with Gasteiger partial charge in [-0.3, -0.25) is 5.32 Å². The molecule has 168 valence electrons. The molecule has 3 rings (SSSR count). The van der Waals surface area contributed by atoms with Gasteiger partial charge in [0.25, 0.3) is 0 Å². The molecule has 1 saturated heterocycles. The average molecular weight is 458 g/mol. The number of halogens is 3. The van der Waals surface area contributed by atoms with Crippen molar-refractivity contribution in [2.75, 3.05) is 18.4 Å². The zero-order chi connectivity index (χ0) is 22.7. The molecule has 0 bridgehead atoms. The first-order valence-electron chi connectivity index (χ1n) is 9.38. The van der Waals surface area contributed by atoms with Gasteiger partial charge in [0.15, 0.2) is 0 Å². The van der Waals surface area contributed by atoms with Crippen molar-refractivity contribution in [2.45, 2.75) is 36.6 Å². The van der Waals surface area contributed by atoms with Gasteiger partial charge in [-0.2, -0.15) is 4.31 Å². The van der Waals surface area contributed by atoms with E-state index in [4.69, 9.17) is 4.74 Å². The average Bonchev–Trinajstić information content (AvgIpc) is 2.69. The lowest BCUT2D eigenvalue weighted by Crippen LogP contribution is -2.47. The van der Waals surface area contributed by atoms with Gasteiger partial charge in [0.2, 0.25) is 10.0 Å². The van der Waals surface area contributed by atoms with Gasteiger partial charge in [0.05, 0.1) is 4.90 Å². The highest BCUT2D eigenvalue weighted by Crippen LogP contribution is 2.30. The number of sulfonamides is 1. The zero-order valence-electron chi connectivity index (χ0n) is 16.6. The predicted molar refractivity (Wildman–Crippen MR) is 106 cm³/mol. The van der Waals surface area contributed by atoms with Crippen LogP contribution >= 0.6 is 0 Å². The first-order valence-corrected chi connectivity index (χ1v) is 10.8. The number of hydrogen-bond acceptors (Lipinski definition) is 5. The first-order chi connectivity index (χ1) is 14.5. The largest absolute Gasteiger partial charge is 0.573 e. The minimum atomic E-state index is -4.80. The van der Waals surface area contributed by atoms with Crippen LogP contribution in [0.4, 0.5) is 23.7 Å². The number of nitrogens with zero attached hydrogens (tertiary/aromatic N) is 1. The Bertz CT molecular complexity index is 1000. The van der Waals surface area contributed by atoms with Crippen molar-refractivity contribution in [3.63, 3.8) is 0 Å². The van der Waals surface area contributed by atoms with Gasteiger partial charge >= 0.3 is 12.5 Å². The third-order valence-electron chi connectivity index (χ3n) is 4.83. The summed E-state index contributed by atoms with van der Waals surface area (Å²) in [4.78, 5) is 12.4. The summed E-state index contributed by atoms with van der Waals surface area (Å²) in [6.45, 7) is 2.08. The molecule has 1 aliphatic heterocycles. The molecule has 1 aliphatic rings. The van der Waals surface area contributed by atoms with E-state index in [2.05, 4.69) is 10.1 Å². The fourth-order valence-corrected chi connectivity index (χ4v) is 4.61. The number of amides is 1. The number of anilines is 1. The quantitative estimate of drug-likeness (QED) is 0.719. The number of ether oxygens (including phenoxy) is 2. The van der Waals surface area contributed by atoms with Crippen molar-refractivity contribution in [3.05, 3.63) is 54.6 Å². The molecule has 1 fully saturated rings. The summed E-state index contributed by atoms with van der Waals surface area (Å²) < 4.78 is 72.6. The number of piperidine rings is 1. The summed E-state index contributed by atoms with van der Waals surface area (Å²) in [6.07, 6.45) is -4.99. The molecule has 0 aliphatic carbocycles. The van der Waals surface area contributed by atoms with E-state index < -0.39 is 33.8 Å². The predicted octanol–water partition coefficient (Wildman–Crippen LogP) is 4.38. The second kappa shape index (κ2) is 8.75. The normalized spacial score (nSPS) is 17.0. The van der Waals surface area contributed by atoms with Crippen LogP contribution in [-0.4, -0.2) is 43.9 Å². The minimum Gasteiger partial charge on any atom is -0.443 e. The maximum absolute atomic E-state index is 12.7. The van der Waals surface area contributed by atoms with Crippen molar-refractivity contribution in [3.8, 4) is 5.75 Å². The smallest absolute Gasteiger partial charge is 0.443 e. The maximum atomic E-state index is 12.7. The maximum Gasteiger partial charge on any atom is 0.573 e. The van der Waals surface area contributed by atoms with Crippen molar-refractivity contribution < 1.29 is 35.9 Å². The number of rotatable bonds is 5. The van der Waals surface area contributed by atoms with Crippen LogP contribution in [0.5, 0.6) is 5.75 Å². The highest BCUT2D eigenvalue weighted by Gasteiger charge is 2.38. The Hall–Kier alpha value is -2.79. The molecule has 0 aromatic heterocycles. The Morgan fingerprint density at radius 1 is 1.03 bits per heavy atom. The molecule has 0 radical (unpaired) electrons. The standard InChI is InChI=1S/C20H21F3N2O5S/c1-19(11-13-25(14-12-19)31(27,28)17-5-3-2-4-6-17)30-18(26)24-15-7-9-16(10-8-15)29-20(21,22)23/h2-10H,11-14H2,1H3,(H,24,26). The van der Waals surface area contributed by atoms with Crippen molar-refractivity contribution in [1.82, 2.24) is 4.31 Å². The van der Waals surface area contributed by atoms with Gasteiger partial charge in [-0.15, -0.1) is 13.2 Å². The second-order valence-corrected chi connectivity index (χ2v) is 9.19. The van der Waals surface area contributed by atoms with Gasteiger partial charge in [0.1, 0.15) is 11.4 Å². The molecule has 2 aromatic rings. The van der Waals surface area contributed by atoms with E-state index in [0.717, 1.165) is 12.1 Å². The summed E-state index contributed by atoms with van der Waals surface area (Å²) in [5, 5.41) is 2.44. The third kappa shape index (κ3) is 6.11. The van der Waals surface area contributed by atoms with Crippen molar-refractivity contribution in [1.29, 1.82) is 0 Å². The van der Waals surface area contributed by atoms with Crippen LogP contribution in [0.15, 0.2) is 59.5 Å². The van der Waals surface area contributed by atoms with E-state index in [0.29, 0.717) is 12.8 Å². The van der Waals surface area contributed by atoms with E-state index in [1.165, 1.54) is 28.6 Å². The summed E-state index contributed by atoms with van der Waals surface area (Å²) in [6, 6.07) is 12.7. The highest BCUT2D eigenvalue weighted by molar-refractivity contribution is 7.89. The van der Waals surface area contributed by atoms with E-state index in [9.17, 15) is 26.4 Å². The van der Waals surface area contributed by atoms with E-state index in [1.807, 2.05) is 0 Å². The molecule has 1 amide bonds. The van der Waals surface area contributed by atoms with Crippen molar-refractivity contribution in [2.24, 2.45) is 0 Å². The molecule has 0 saturated carbocycles. The van der Waals surface area contributed by atoms with Crippen LogP contribution in [0.1, 0.15) is 19.8 Å². The fraction of sp³-hybridized carbons (Fsp3) is 0.350. The summed E-state index contributed by atoms with van der Waals surface area (Å²) in [5.41, 5.74) is -0.654. The van der Waals surface area contributed by atoms with Crippen LogP contribution in [0.2, 0.25) is 0 Å². The van der Waals surface area contributed by atoms with Gasteiger partial charge in [-0.1, -0.05) is 18.2 Å². The highest BCUT2D eigenvalue weighted by atomic mass is 32.2. The van der Waals surface area contributed by atoms with Crippen LogP contribution in [0, 0.1) is 0 Å².